The van der Waals surface area contributed by atoms with Crippen molar-refractivity contribution < 1.29 is 28.9 Å². The Balaban J connectivity index is 0.000000209. The maximum atomic E-state index is 14.2. The molecule has 0 unspecified atom stereocenters. The largest absolute Gasteiger partial charge is 0.498 e. The molecule has 1 radical (unpaired) electrons. The van der Waals surface area contributed by atoms with Gasteiger partial charge in [-0.15, -0.1) is 54.1 Å². The van der Waals surface area contributed by atoms with Gasteiger partial charge in [-0.2, -0.15) is 0 Å². The SMILES string of the molecule is C[Si](C)(C)c1ccc(-c2[c-]cccc2)nc1.Cc1cc(C)c(-c2ccnc(-c3[c-]ccc4c3oc3c(F)cccc34)c2)c(C)c1.[Ir]. The number of aromatic nitrogens is 2. The molecule has 3 aromatic heterocycles. The van der Waals surface area contributed by atoms with Crippen LogP contribution in [0.3, 0.4) is 0 Å². The summed E-state index contributed by atoms with van der Waals surface area (Å²) in [6, 6.07) is 35.9. The number of furan rings is 1. The molecule has 0 spiro atoms. The van der Waals surface area contributed by atoms with Crippen LogP contribution in [0.1, 0.15) is 16.7 Å². The fraction of sp³-hybridized carbons (Fsp3) is 0.150. The minimum Gasteiger partial charge on any atom is -0.498 e. The number of nitrogens with zero attached hydrogens (tertiary/aromatic N) is 2. The van der Waals surface area contributed by atoms with Crippen molar-refractivity contribution in [2.45, 2.75) is 40.4 Å². The Labute approximate surface area is 284 Å². The van der Waals surface area contributed by atoms with E-state index < -0.39 is 8.07 Å². The van der Waals surface area contributed by atoms with E-state index in [1.54, 1.807) is 12.3 Å². The fourth-order valence-corrected chi connectivity index (χ4v) is 6.86. The molecule has 0 N–H and O–H groups in total. The molecule has 4 aromatic carbocycles. The molecule has 0 fully saturated rings. The third-order valence-corrected chi connectivity index (χ3v) is 10.0. The van der Waals surface area contributed by atoms with Crippen LogP contribution >= 0.6 is 0 Å². The van der Waals surface area contributed by atoms with Crippen molar-refractivity contribution in [3.8, 4) is 33.6 Å². The Morgan fingerprint density at radius 1 is 0.717 bits per heavy atom. The summed E-state index contributed by atoms with van der Waals surface area (Å²) < 4.78 is 20.2. The zero-order chi connectivity index (χ0) is 31.7. The normalized spacial score (nSPS) is 11.2. The van der Waals surface area contributed by atoms with Crippen molar-refractivity contribution >= 4 is 35.2 Å². The van der Waals surface area contributed by atoms with Crippen LogP contribution in [0.5, 0.6) is 0 Å². The van der Waals surface area contributed by atoms with E-state index in [1.165, 1.54) is 33.5 Å². The molecule has 0 aliphatic carbocycles. The van der Waals surface area contributed by atoms with E-state index in [4.69, 9.17) is 4.42 Å². The maximum Gasteiger partial charge on any atom is 0.165 e. The first kappa shape index (κ1) is 33.1. The minimum atomic E-state index is -1.23. The van der Waals surface area contributed by atoms with Gasteiger partial charge in [0.25, 0.3) is 0 Å². The smallest absolute Gasteiger partial charge is 0.165 e. The number of pyridine rings is 2. The molecule has 7 rings (SSSR count). The Morgan fingerprint density at radius 3 is 2.15 bits per heavy atom. The molecule has 0 amide bonds. The van der Waals surface area contributed by atoms with Crippen LogP contribution in [-0.4, -0.2) is 18.0 Å². The topological polar surface area (TPSA) is 38.9 Å². The van der Waals surface area contributed by atoms with Crippen molar-refractivity contribution in [2.24, 2.45) is 0 Å². The predicted octanol–water partition coefficient (Wildman–Crippen LogP) is 10.3. The molecule has 6 heteroatoms. The summed E-state index contributed by atoms with van der Waals surface area (Å²) in [5.74, 6) is -0.364. The van der Waals surface area contributed by atoms with Gasteiger partial charge >= 0.3 is 0 Å². The van der Waals surface area contributed by atoms with Gasteiger partial charge in [0, 0.05) is 37.9 Å². The number of hydrogen-bond acceptors (Lipinski definition) is 3. The van der Waals surface area contributed by atoms with Gasteiger partial charge < -0.3 is 14.4 Å². The first-order valence-electron chi connectivity index (χ1n) is 15.1. The van der Waals surface area contributed by atoms with E-state index in [0.29, 0.717) is 5.58 Å². The van der Waals surface area contributed by atoms with Gasteiger partial charge in [0.2, 0.25) is 0 Å². The molecule has 0 bridgehead atoms. The summed E-state index contributed by atoms with van der Waals surface area (Å²) in [6.07, 6.45) is 3.82. The molecule has 46 heavy (non-hydrogen) atoms. The molecule has 0 saturated heterocycles. The van der Waals surface area contributed by atoms with Gasteiger partial charge in [-0.05, 0) is 71.7 Å². The van der Waals surface area contributed by atoms with Crippen LogP contribution in [0.15, 0.2) is 108 Å². The van der Waals surface area contributed by atoms with Crippen molar-refractivity contribution in [1.82, 2.24) is 9.97 Å². The Kier molecular flexibility index (Phi) is 9.83. The predicted molar refractivity (Wildman–Crippen MR) is 187 cm³/mol. The van der Waals surface area contributed by atoms with Crippen LogP contribution in [0, 0.1) is 38.7 Å². The van der Waals surface area contributed by atoms with Crippen molar-refractivity contribution in [1.29, 1.82) is 0 Å². The summed E-state index contributed by atoms with van der Waals surface area (Å²) in [6.45, 7) is 13.4. The van der Waals surface area contributed by atoms with Gasteiger partial charge in [-0.25, -0.2) is 4.39 Å². The van der Waals surface area contributed by atoms with Crippen LogP contribution in [-0.2, 0) is 20.1 Å². The number of rotatable bonds is 4. The third-order valence-electron chi connectivity index (χ3n) is 8.01. The van der Waals surface area contributed by atoms with E-state index in [2.05, 4.69) is 92.8 Å². The fourth-order valence-electron chi connectivity index (χ4n) is 5.83. The summed E-state index contributed by atoms with van der Waals surface area (Å²) >= 11 is 0. The van der Waals surface area contributed by atoms with Crippen LogP contribution in [0.25, 0.3) is 55.6 Å². The standard InChI is InChI=1S/C26H19FNO.C14H16NSi.Ir/c1-15-12-16(2)24(17(3)13-15)18-10-11-28-23(14-18)21-8-4-6-19-20-7-5-9-22(27)26(20)29-25(19)21;1-16(2,3)13-9-10-14(15-11-13)12-7-5-4-6-8-12;/h4-7,9-14H,1-3H3;4-7,9-11H,1-3H3;/q2*-1;. The summed E-state index contributed by atoms with van der Waals surface area (Å²) in [7, 11) is -1.23. The van der Waals surface area contributed by atoms with Gasteiger partial charge in [0.05, 0.1) is 13.7 Å². The number of halogens is 1. The van der Waals surface area contributed by atoms with Crippen molar-refractivity contribution in [2.75, 3.05) is 0 Å². The third kappa shape index (κ3) is 6.80. The van der Waals surface area contributed by atoms with E-state index >= 15 is 0 Å². The average molecular weight is 799 g/mol. The van der Waals surface area contributed by atoms with Gasteiger partial charge in [0.15, 0.2) is 11.4 Å². The first-order chi connectivity index (χ1) is 21.6. The molecule has 0 saturated carbocycles. The van der Waals surface area contributed by atoms with Crippen LogP contribution in [0.2, 0.25) is 19.6 Å². The van der Waals surface area contributed by atoms with Crippen LogP contribution in [0.4, 0.5) is 4.39 Å². The average Bonchev–Trinajstić information content (AvgIpc) is 3.42. The van der Waals surface area contributed by atoms with Gasteiger partial charge in [-0.3, -0.25) is 0 Å². The molecular weight excluding hydrogens is 764 g/mol. The number of para-hydroxylation sites is 1. The van der Waals surface area contributed by atoms with Crippen molar-refractivity contribution in [3.63, 3.8) is 0 Å². The number of benzene rings is 4. The molecule has 0 aliphatic rings. The molecule has 3 nitrogen and oxygen atoms in total. The monoisotopic (exact) mass is 799 g/mol. The van der Waals surface area contributed by atoms with E-state index in [9.17, 15) is 4.39 Å². The second-order valence-electron chi connectivity index (χ2n) is 12.5. The zero-order valence-electron chi connectivity index (χ0n) is 26.8. The second kappa shape index (κ2) is 13.6. The summed E-state index contributed by atoms with van der Waals surface area (Å²) in [4.78, 5) is 9.09. The molecular formula is C40H35FIrN2OSi-2. The van der Waals surface area contributed by atoms with Crippen molar-refractivity contribution in [3.05, 3.63) is 138 Å². The summed E-state index contributed by atoms with van der Waals surface area (Å²) in [5, 5.41) is 3.02. The molecule has 7 aromatic rings. The minimum absolute atomic E-state index is 0. The molecule has 0 atom stereocenters. The van der Waals surface area contributed by atoms with E-state index in [0.717, 1.165) is 38.9 Å². The van der Waals surface area contributed by atoms with Crippen LogP contribution < -0.4 is 5.19 Å². The summed E-state index contributed by atoms with van der Waals surface area (Å²) in [5.41, 5.74) is 10.4. The Bertz CT molecular complexity index is 2110. The molecule has 233 valence electrons. The molecule has 0 aliphatic heterocycles. The van der Waals surface area contributed by atoms with E-state index in [-0.39, 0.29) is 31.5 Å². The zero-order valence-corrected chi connectivity index (χ0v) is 30.2. The number of fused-ring (bicyclic) bond motifs is 3. The van der Waals surface area contributed by atoms with E-state index in [1.807, 2.05) is 54.7 Å². The Hall–Kier alpha value is -4.22. The second-order valence-corrected chi connectivity index (χ2v) is 17.6. The Morgan fingerprint density at radius 2 is 1.48 bits per heavy atom. The van der Waals surface area contributed by atoms with Gasteiger partial charge in [-0.1, -0.05) is 78.6 Å². The van der Waals surface area contributed by atoms with Gasteiger partial charge in [0.1, 0.15) is 0 Å². The molecule has 3 heterocycles. The number of aryl methyl sites for hydroxylation is 3. The first-order valence-corrected chi connectivity index (χ1v) is 18.6. The quantitative estimate of drug-likeness (QED) is 0.132. The maximum absolute atomic E-state index is 14.2. The number of hydrogen-bond donors (Lipinski definition) is 0.